The topological polar surface area (TPSA) is 74.8 Å². The molecule has 0 spiro atoms. The highest BCUT2D eigenvalue weighted by Gasteiger charge is 2.22. The zero-order valence-electron chi connectivity index (χ0n) is 9.39. The van der Waals surface area contributed by atoms with Crippen LogP contribution in [0.4, 0.5) is 0 Å². The van der Waals surface area contributed by atoms with Crippen LogP contribution in [0.25, 0.3) is 0 Å². The Kier molecular flexibility index (Phi) is 3.31. The Morgan fingerprint density at radius 3 is 2.76 bits per heavy atom. The van der Waals surface area contributed by atoms with Gasteiger partial charge >= 0.3 is 0 Å². The molecule has 0 bridgehead atoms. The van der Waals surface area contributed by atoms with Crippen molar-refractivity contribution in [3.63, 3.8) is 0 Å². The van der Waals surface area contributed by atoms with Crippen LogP contribution in [0.3, 0.4) is 0 Å². The first-order valence-electron chi connectivity index (χ1n) is 5.26. The van der Waals surface area contributed by atoms with Gasteiger partial charge in [-0.25, -0.2) is 4.99 Å². The first-order chi connectivity index (χ1) is 8.07. The lowest BCUT2D eigenvalue weighted by atomic mass is 10.1. The summed E-state index contributed by atoms with van der Waals surface area (Å²) in [6.07, 6.45) is 1.43. The average molecular weight is 252 g/mol. The van der Waals surface area contributed by atoms with Crippen molar-refractivity contribution in [1.82, 2.24) is 10.6 Å². The molecule has 5 nitrogen and oxygen atoms in total. The smallest absolute Gasteiger partial charge is 0.286 e. The van der Waals surface area contributed by atoms with Crippen molar-refractivity contribution in [3.05, 3.63) is 35.9 Å². The number of rotatable bonds is 2. The molecule has 0 aromatic heterocycles. The Balaban J connectivity index is 2.05. The molecule has 17 heavy (non-hydrogen) atoms. The van der Waals surface area contributed by atoms with E-state index < -0.39 is 5.25 Å². The maximum atomic E-state index is 5.81. The molecular weight excluding hydrogens is 238 g/mol. The molecule has 1 aromatic carbocycles. The number of nitrogens with one attached hydrogen (secondary N) is 2. The summed E-state index contributed by atoms with van der Waals surface area (Å²) in [7, 11) is 0. The molecule has 90 valence electrons. The number of hydrogen-bond acceptors (Lipinski definition) is 5. The SMILES string of the molecule is C[C@H](NC1=NC(N)(Cl)N=CN1)c1ccccc1. The normalized spacial score (nSPS) is 24.8. The molecule has 2 rings (SSSR count). The van der Waals surface area contributed by atoms with E-state index >= 15 is 0 Å². The average Bonchev–Trinajstić information content (AvgIpc) is 2.29. The first kappa shape index (κ1) is 11.9. The molecule has 1 aliphatic rings. The summed E-state index contributed by atoms with van der Waals surface area (Å²) >= 11 is 5.81. The maximum Gasteiger partial charge on any atom is 0.286 e. The first-order valence-corrected chi connectivity index (χ1v) is 5.64. The molecule has 0 saturated heterocycles. The fraction of sp³-hybridized carbons (Fsp3) is 0.273. The van der Waals surface area contributed by atoms with Gasteiger partial charge in [0.15, 0.2) is 0 Å². The van der Waals surface area contributed by atoms with Gasteiger partial charge in [0, 0.05) is 0 Å². The van der Waals surface area contributed by atoms with Crippen LogP contribution >= 0.6 is 11.6 Å². The van der Waals surface area contributed by atoms with Crippen molar-refractivity contribution >= 4 is 23.9 Å². The predicted molar refractivity (Wildman–Crippen MR) is 69.8 cm³/mol. The summed E-state index contributed by atoms with van der Waals surface area (Å²) in [5.74, 6) is 0.508. The van der Waals surface area contributed by atoms with Crippen molar-refractivity contribution in [2.24, 2.45) is 15.7 Å². The number of hydrogen-bond donors (Lipinski definition) is 3. The van der Waals surface area contributed by atoms with E-state index in [9.17, 15) is 0 Å². The second-order valence-corrected chi connectivity index (χ2v) is 4.33. The number of halogens is 1. The molecule has 0 aliphatic carbocycles. The van der Waals surface area contributed by atoms with Gasteiger partial charge in [-0.3, -0.25) is 5.73 Å². The van der Waals surface area contributed by atoms with Gasteiger partial charge in [-0.05, 0) is 12.5 Å². The zero-order valence-corrected chi connectivity index (χ0v) is 10.1. The number of benzene rings is 1. The molecule has 4 N–H and O–H groups in total. The Labute approximate surface area is 105 Å². The summed E-state index contributed by atoms with van der Waals surface area (Å²) in [6, 6.07) is 10.1. The highest BCUT2D eigenvalue weighted by Crippen LogP contribution is 2.14. The minimum absolute atomic E-state index is 0.0985. The monoisotopic (exact) mass is 251 g/mol. The third-order valence-electron chi connectivity index (χ3n) is 2.37. The van der Waals surface area contributed by atoms with Crippen LogP contribution in [-0.4, -0.2) is 17.5 Å². The molecule has 2 atom stereocenters. The quantitative estimate of drug-likeness (QED) is 0.545. The van der Waals surface area contributed by atoms with E-state index in [1.165, 1.54) is 6.34 Å². The van der Waals surface area contributed by atoms with Crippen molar-refractivity contribution in [2.45, 2.75) is 18.2 Å². The fourth-order valence-electron chi connectivity index (χ4n) is 1.51. The molecular formula is C11H14ClN5. The number of alkyl halides is 1. The number of nitrogens with zero attached hydrogens (tertiary/aromatic N) is 2. The van der Waals surface area contributed by atoms with Crippen molar-refractivity contribution < 1.29 is 0 Å². The highest BCUT2D eigenvalue weighted by atomic mass is 35.5. The van der Waals surface area contributed by atoms with Gasteiger partial charge < -0.3 is 10.6 Å². The van der Waals surface area contributed by atoms with Crippen LogP contribution in [0.5, 0.6) is 0 Å². The maximum absolute atomic E-state index is 5.81. The summed E-state index contributed by atoms with van der Waals surface area (Å²) in [4.78, 5) is 7.79. The molecule has 0 saturated carbocycles. The lowest BCUT2D eigenvalue weighted by molar-refractivity contribution is 0.628. The largest absolute Gasteiger partial charge is 0.349 e. The van der Waals surface area contributed by atoms with Crippen molar-refractivity contribution in [3.8, 4) is 0 Å². The molecule has 1 heterocycles. The minimum Gasteiger partial charge on any atom is -0.349 e. The van der Waals surface area contributed by atoms with Crippen LogP contribution in [0.1, 0.15) is 18.5 Å². The van der Waals surface area contributed by atoms with Crippen LogP contribution in [-0.2, 0) is 0 Å². The van der Waals surface area contributed by atoms with Crippen molar-refractivity contribution in [2.75, 3.05) is 0 Å². The van der Waals surface area contributed by atoms with Gasteiger partial charge in [-0.2, -0.15) is 4.99 Å². The summed E-state index contributed by atoms with van der Waals surface area (Å²) in [5, 5.41) is 4.62. The summed E-state index contributed by atoms with van der Waals surface area (Å²) < 4.78 is 0. The van der Waals surface area contributed by atoms with E-state index in [0.717, 1.165) is 5.56 Å². The lowest BCUT2D eigenvalue weighted by Crippen LogP contribution is -2.46. The van der Waals surface area contributed by atoms with Crippen LogP contribution in [0, 0.1) is 0 Å². The second-order valence-electron chi connectivity index (χ2n) is 3.78. The zero-order chi connectivity index (χ0) is 12.3. The molecule has 1 aliphatic heterocycles. The highest BCUT2D eigenvalue weighted by molar-refractivity contribution is 6.24. The lowest BCUT2D eigenvalue weighted by Gasteiger charge is -2.22. The van der Waals surface area contributed by atoms with Gasteiger partial charge in [0.2, 0.25) is 5.96 Å². The molecule has 0 amide bonds. The fourth-order valence-corrected chi connectivity index (χ4v) is 1.64. The Hall–Kier alpha value is -1.59. The van der Waals surface area contributed by atoms with Crippen LogP contribution in [0.2, 0.25) is 0 Å². The van der Waals surface area contributed by atoms with Crippen molar-refractivity contribution in [1.29, 1.82) is 0 Å². The number of nitrogens with two attached hydrogens (primary N) is 1. The third-order valence-corrected chi connectivity index (χ3v) is 2.55. The van der Waals surface area contributed by atoms with E-state index in [1.54, 1.807) is 0 Å². The van der Waals surface area contributed by atoms with E-state index in [0.29, 0.717) is 5.96 Å². The minimum atomic E-state index is -1.41. The predicted octanol–water partition coefficient (Wildman–Crippen LogP) is 1.13. The van der Waals surface area contributed by atoms with Gasteiger partial charge in [-0.15, -0.1) is 0 Å². The standard InChI is InChI=1S/C11H14ClN5/c1-8(9-5-3-2-4-6-9)16-10-14-7-15-11(12,13)17-10/h2-8H,13H2,1H3,(H2,14,15,16,17)/t8-,11?/m0/s1. The van der Waals surface area contributed by atoms with Gasteiger partial charge in [0.25, 0.3) is 5.25 Å². The Morgan fingerprint density at radius 1 is 1.41 bits per heavy atom. The van der Waals surface area contributed by atoms with E-state index in [-0.39, 0.29) is 6.04 Å². The summed E-state index contributed by atoms with van der Waals surface area (Å²) in [6.45, 7) is 2.03. The van der Waals surface area contributed by atoms with Crippen LogP contribution < -0.4 is 16.4 Å². The Morgan fingerprint density at radius 2 is 2.12 bits per heavy atom. The summed E-state index contributed by atoms with van der Waals surface area (Å²) in [5.41, 5.74) is 6.73. The molecule has 0 radical (unpaired) electrons. The number of guanidine groups is 1. The van der Waals surface area contributed by atoms with E-state index in [4.69, 9.17) is 17.3 Å². The van der Waals surface area contributed by atoms with E-state index in [2.05, 4.69) is 20.6 Å². The van der Waals surface area contributed by atoms with E-state index in [1.807, 2.05) is 37.3 Å². The Bertz CT molecular complexity index is 440. The molecule has 1 aromatic rings. The second kappa shape index (κ2) is 4.73. The van der Waals surface area contributed by atoms with Crippen LogP contribution in [0.15, 0.2) is 40.3 Å². The third kappa shape index (κ3) is 3.18. The van der Waals surface area contributed by atoms with Gasteiger partial charge in [-0.1, -0.05) is 41.9 Å². The van der Waals surface area contributed by atoms with Gasteiger partial charge in [0.1, 0.15) is 0 Å². The van der Waals surface area contributed by atoms with Gasteiger partial charge in [0.05, 0.1) is 12.4 Å². The molecule has 1 unspecified atom stereocenters. The molecule has 0 fully saturated rings. The molecule has 6 heteroatoms. The number of aliphatic imine (C=N–C) groups is 2.